The number of rotatable bonds is 6. The minimum absolute atomic E-state index is 0.730. The van der Waals surface area contributed by atoms with E-state index >= 15 is 0 Å². The Kier molecular flexibility index (Phi) is 6.51. The highest BCUT2D eigenvalue weighted by atomic mass is 15.2. The number of hydrogen-bond acceptors (Lipinski definition) is 3. The molecule has 1 aliphatic heterocycles. The van der Waals surface area contributed by atoms with E-state index in [2.05, 4.69) is 50.1 Å². The fourth-order valence-electron chi connectivity index (χ4n) is 4.58. The van der Waals surface area contributed by atoms with Crippen LogP contribution in [0.25, 0.3) is 0 Å². The van der Waals surface area contributed by atoms with E-state index in [0.717, 1.165) is 29.7 Å². The van der Waals surface area contributed by atoms with Crippen LogP contribution in [0.2, 0.25) is 0 Å². The second-order valence-electron chi connectivity index (χ2n) is 8.11. The van der Waals surface area contributed by atoms with Crippen molar-refractivity contribution < 1.29 is 0 Å². The van der Waals surface area contributed by atoms with Crippen LogP contribution in [-0.4, -0.2) is 63.2 Å². The third-order valence-corrected chi connectivity index (χ3v) is 5.94. The van der Waals surface area contributed by atoms with E-state index in [4.69, 9.17) is 0 Å². The minimum atomic E-state index is 0.730. The van der Waals surface area contributed by atoms with E-state index in [9.17, 15) is 0 Å². The molecule has 0 spiro atoms. The molecule has 124 valence electrons. The quantitative estimate of drug-likeness (QED) is 0.812. The first-order valence-electron chi connectivity index (χ1n) is 9.04. The molecule has 4 atom stereocenters. The molecule has 0 aromatic heterocycles. The van der Waals surface area contributed by atoms with E-state index in [0.29, 0.717) is 0 Å². The standard InChI is InChI=1S/C18H37N3/c1-14(2)16-6-7-18(19-3)17(10-16)13-21(5)12-15-8-9-20(4)11-15/h14-19H,6-13H2,1-5H3. The van der Waals surface area contributed by atoms with Crippen LogP contribution in [0.1, 0.15) is 39.5 Å². The summed E-state index contributed by atoms with van der Waals surface area (Å²) in [5, 5.41) is 3.58. The highest BCUT2D eigenvalue weighted by molar-refractivity contribution is 4.87. The maximum Gasteiger partial charge on any atom is 0.0105 e. The Morgan fingerprint density at radius 3 is 2.52 bits per heavy atom. The summed E-state index contributed by atoms with van der Waals surface area (Å²) in [4.78, 5) is 5.09. The zero-order valence-corrected chi connectivity index (χ0v) is 14.9. The molecular weight excluding hydrogens is 258 g/mol. The predicted molar refractivity (Wildman–Crippen MR) is 91.6 cm³/mol. The molecule has 1 saturated heterocycles. The highest BCUT2D eigenvalue weighted by Gasteiger charge is 2.32. The Morgan fingerprint density at radius 1 is 1.19 bits per heavy atom. The topological polar surface area (TPSA) is 18.5 Å². The summed E-state index contributed by atoms with van der Waals surface area (Å²) in [6, 6.07) is 0.730. The zero-order chi connectivity index (χ0) is 15.4. The van der Waals surface area contributed by atoms with Crippen molar-refractivity contribution in [1.82, 2.24) is 15.1 Å². The van der Waals surface area contributed by atoms with Gasteiger partial charge >= 0.3 is 0 Å². The van der Waals surface area contributed by atoms with Crippen molar-refractivity contribution in [2.75, 3.05) is 47.3 Å². The average molecular weight is 296 g/mol. The third kappa shape index (κ3) is 4.94. The van der Waals surface area contributed by atoms with Crippen molar-refractivity contribution >= 4 is 0 Å². The molecule has 1 saturated carbocycles. The van der Waals surface area contributed by atoms with Crippen LogP contribution in [0.3, 0.4) is 0 Å². The van der Waals surface area contributed by atoms with Gasteiger partial charge in [0.15, 0.2) is 0 Å². The van der Waals surface area contributed by atoms with Crippen LogP contribution >= 0.6 is 0 Å². The molecule has 0 amide bonds. The normalized spacial score (nSPS) is 35.0. The first-order chi connectivity index (χ1) is 9.99. The molecule has 1 heterocycles. The van der Waals surface area contributed by atoms with Crippen LogP contribution in [-0.2, 0) is 0 Å². The minimum Gasteiger partial charge on any atom is -0.317 e. The Labute approximate surface area is 132 Å². The fourth-order valence-corrected chi connectivity index (χ4v) is 4.58. The summed E-state index contributed by atoms with van der Waals surface area (Å²) in [6.07, 6.45) is 5.58. The van der Waals surface area contributed by atoms with Gasteiger partial charge in [-0.2, -0.15) is 0 Å². The summed E-state index contributed by atoms with van der Waals surface area (Å²) in [7, 11) is 6.74. The third-order valence-electron chi connectivity index (χ3n) is 5.94. The van der Waals surface area contributed by atoms with E-state index in [1.54, 1.807) is 0 Å². The number of nitrogens with zero attached hydrogens (tertiary/aromatic N) is 2. The summed E-state index contributed by atoms with van der Waals surface area (Å²) < 4.78 is 0. The molecule has 0 bridgehead atoms. The van der Waals surface area contributed by atoms with Gasteiger partial charge in [-0.05, 0) is 77.0 Å². The van der Waals surface area contributed by atoms with Gasteiger partial charge in [0, 0.05) is 25.7 Å². The van der Waals surface area contributed by atoms with Gasteiger partial charge in [-0.3, -0.25) is 0 Å². The Bertz CT molecular complexity index is 305. The van der Waals surface area contributed by atoms with Gasteiger partial charge in [0.2, 0.25) is 0 Å². The molecule has 2 rings (SSSR count). The molecule has 21 heavy (non-hydrogen) atoms. The highest BCUT2D eigenvalue weighted by Crippen LogP contribution is 2.34. The average Bonchev–Trinajstić information content (AvgIpc) is 2.83. The zero-order valence-electron chi connectivity index (χ0n) is 14.9. The van der Waals surface area contributed by atoms with E-state index in [1.165, 1.54) is 51.9 Å². The van der Waals surface area contributed by atoms with Crippen molar-refractivity contribution in [3.63, 3.8) is 0 Å². The lowest BCUT2D eigenvalue weighted by atomic mass is 9.73. The first-order valence-corrected chi connectivity index (χ1v) is 9.04. The maximum absolute atomic E-state index is 3.58. The second kappa shape index (κ2) is 7.94. The van der Waals surface area contributed by atoms with Crippen LogP contribution in [0.5, 0.6) is 0 Å². The van der Waals surface area contributed by atoms with Crippen molar-refractivity contribution in [1.29, 1.82) is 0 Å². The Balaban J connectivity index is 1.82. The van der Waals surface area contributed by atoms with Gasteiger partial charge in [-0.1, -0.05) is 13.8 Å². The molecule has 2 aliphatic rings. The molecule has 3 heteroatoms. The Hall–Kier alpha value is -0.120. The van der Waals surface area contributed by atoms with Crippen LogP contribution in [0.15, 0.2) is 0 Å². The van der Waals surface area contributed by atoms with Gasteiger partial charge < -0.3 is 15.1 Å². The summed E-state index contributed by atoms with van der Waals surface area (Å²) in [6.45, 7) is 9.94. The number of nitrogens with one attached hydrogen (secondary N) is 1. The summed E-state index contributed by atoms with van der Waals surface area (Å²) in [5.74, 6) is 3.50. The molecule has 0 radical (unpaired) electrons. The maximum atomic E-state index is 3.58. The van der Waals surface area contributed by atoms with Crippen molar-refractivity contribution in [3.05, 3.63) is 0 Å². The molecule has 0 aromatic rings. The first kappa shape index (κ1) is 17.2. The van der Waals surface area contributed by atoms with Gasteiger partial charge in [0.25, 0.3) is 0 Å². The molecule has 2 fully saturated rings. The number of likely N-dealkylation sites (tertiary alicyclic amines) is 1. The smallest absolute Gasteiger partial charge is 0.0105 e. The molecule has 3 nitrogen and oxygen atoms in total. The SMILES string of the molecule is CNC1CCC(C(C)C)CC1CN(C)CC1CCN(C)C1. The molecule has 1 N–H and O–H groups in total. The van der Waals surface area contributed by atoms with Crippen LogP contribution in [0, 0.1) is 23.7 Å². The monoisotopic (exact) mass is 295 g/mol. The van der Waals surface area contributed by atoms with E-state index in [-0.39, 0.29) is 0 Å². The van der Waals surface area contributed by atoms with Gasteiger partial charge in [0.05, 0.1) is 0 Å². The Morgan fingerprint density at radius 2 is 1.95 bits per heavy atom. The molecule has 1 aliphatic carbocycles. The molecule has 0 aromatic carbocycles. The fraction of sp³-hybridized carbons (Fsp3) is 1.00. The molecular formula is C18H37N3. The van der Waals surface area contributed by atoms with Gasteiger partial charge in [0.1, 0.15) is 0 Å². The largest absolute Gasteiger partial charge is 0.317 e. The lowest BCUT2D eigenvalue weighted by molar-refractivity contribution is 0.129. The summed E-state index contributed by atoms with van der Waals surface area (Å²) >= 11 is 0. The lowest BCUT2D eigenvalue weighted by Gasteiger charge is -2.40. The van der Waals surface area contributed by atoms with Gasteiger partial charge in [-0.25, -0.2) is 0 Å². The van der Waals surface area contributed by atoms with Crippen molar-refractivity contribution in [3.8, 4) is 0 Å². The molecule has 4 unspecified atom stereocenters. The van der Waals surface area contributed by atoms with Gasteiger partial charge in [-0.15, -0.1) is 0 Å². The van der Waals surface area contributed by atoms with Crippen molar-refractivity contribution in [2.45, 2.75) is 45.6 Å². The van der Waals surface area contributed by atoms with Crippen LogP contribution in [0.4, 0.5) is 0 Å². The predicted octanol–water partition coefficient (Wildman–Crippen LogP) is 2.53. The van der Waals surface area contributed by atoms with E-state index < -0.39 is 0 Å². The van der Waals surface area contributed by atoms with Crippen LogP contribution < -0.4 is 5.32 Å². The summed E-state index contributed by atoms with van der Waals surface area (Å²) in [5.41, 5.74) is 0. The lowest BCUT2D eigenvalue weighted by Crippen LogP contribution is -2.45. The van der Waals surface area contributed by atoms with Crippen molar-refractivity contribution in [2.24, 2.45) is 23.7 Å². The number of hydrogen-bond donors (Lipinski definition) is 1. The second-order valence-corrected chi connectivity index (χ2v) is 8.11. The van der Waals surface area contributed by atoms with E-state index in [1.807, 2.05) is 0 Å².